The van der Waals surface area contributed by atoms with Gasteiger partial charge in [0.2, 0.25) is 0 Å². The van der Waals surface area contributed by atoms with E-state index in [1.54, 1.807) is 0 Å². The molecule has 0 aliphatic carbocycles. The number of benzene rings is 6. The molecule has 1 aliphatic rings. The first-order valence-electron chi connectivity index (χ1n) is 11.5. The van der Waals surface area contributed by atoms with Gasteiger partial charge in [-0.3, -0.25) is 0 Å². The summed E-state index contributed by atoms with van der Waals surface area (Å²) in [6.07, 6.45) is 0. The van der Waals surface area contributed by atoms with Gasteiger partial charge in [0.15, 0.2) is 8.07 Å². The van der Waals surface area contributed by atoms with Crippen molar-refractivity contribution in [1.29, 1.82) is 0 Å². The maximum Gasteiger partial charge on any atom is 0.180 e. The first-order valence-corrected chi connectivity index (χ1v) is 13.5. The topological polar surface area (TPSA) is 0 Å². The van der Waals surface area contributed by atoms with Gasteiger partial charge in [-0.1, -0.05) is 127 Å². The van der Waals surface area contributed by atoms with Crippen molar-refractivity contribution >= 4 is 50.4 Å². The van der Waals surface area contributed by atoms with Crippen LogP contribution in [0.1, 0.15) is 0 Å². The molecular weight excluding hydrogens is 412 g/mol. The summed E-state index contributed by atoms with van der Waals surface area (Å²) in [5.41, 5.74) is 2.79. The lowest BCUT2D eigenvalue weighted by molar-refractivity contribution is 1.70. The van der Waals surface area contributed by atoms with Crippen LogP contribution < -0.4 is 20.7 Å². The van der Waals surface area contributed by atoms with Crippen LogP contribution in [0.15, 0.2) is 133 Å². The molecule has 0 unspecified atom stereocenters. The quantitative estimate of drug-likeness (QED) is 0.254. The molecule has 0 saturated heterocycles. The van der Waals surface area contributed by atoms with Gasteiger partial charge in [0.1, 0.15) is 0 Å². The number of rotatable bonds is 2. The van der Waals surface area contributed by atoms with E-state index in [9.17, 15) is 0 Å². The first-order chi connectivity index (χ1) is 16.4. The summed E-state index contributed by atoms with van der Waals surface area (Å²) < 4.78 is 0. The van der Waals surface area contributed by atoms with E-state index in [-0.39, 0.29) is 0 Å². The lowest BCUT2D eigenvalue weighted by Gasteiger charge is -2.31. The summed E-state index contributed by atoms with van der Waals surface area (Å²) in [6.45, 7) is 0. The summed E-state index contributed by atoms with van der Waals surface area (Å²) in [5.74, 6) is 0. The van der Waals surface area contributed by atoms with Crippen LogP contribution in [-0.4, -0.2) is 8.07 Å². The lowest BCUT2D eigenvalue weighted by Crippen LogP contribution is -2.72. The zero-order valence-corrected chi connectivity index (χ0v) is 19.2. The second-order valence-electron chi connectivity index (χ2n) is 8.93. The predicted molar refractivity (Wildman–Crippen MR) is 144 cm³/mol. The Hall–Kier alpha value is -3.94. The van der Waals surface area contributed by atoms with E-state index in [0.717, 1.165) is 0 Å². The maximum absolute atomic E-state index is 2.53. The van der Waals surface area contributed by atoms with E-state index >= 15 is 0 Å². The van der Waals surface area contributed by atoms with Gasteiger partial charge in [-0.15, -0.1) is 0 Å². The van der Waals surface area contributed by atoms with Gasteiger partial charge in [0.25, 0.3) is 0 Å². The molecule has 33 heavy (non-hydrogen) atoms. The van der Waals surface area contributed by atoms with Gasteiger partial charge in [0, 0.05) is 0 Å². The van der Waals surface area contributed by atoms with Crippen LogP contribution >= 0.6 is 0 Å². The van der Waals surface area contributed by atoms with Crippen molar-refractivity contribution in [1.82, 2.24) is 0 Å². The summed E-state index contributed by atoms with van der Waals surface area (Å²) in [5, 5.41) is 11.2. The standard InChI is InChI=1S/C32H22Si/c1-3-12-25(13-4-1)33(26-14-5-2-6-15-26)31-18-10-9-17-28(31)30-21-24-20-19-23-11-7-8-16-27(23)29(24)22-32(30)33/h1-22H. The van der Waals surface area contributed by atoms with Gasteiger partial charge in [-0.25, -0.2) is 0 Å². The minimum Gasteiger partial charge on any atom is -0.0623 e. The smallest absolute Gasteiger partial charge is 0.0623 e. The Balaban J connectivity index is 1.70. The van der Waals surface area contributed by atoms with Crippen molar-refractivity contribution < 1.29 is 0 Å². The van der Waals surface area contributed by atoms with Crippen LogP contribution in [0.3, 0.4) is 0 Å². The Morgan fingerprint density at radius 2 is 0.970 bits per heavy atom. The highest BCUT2D eigenvalue weighted by atomic mass is 28.3. The predicted octanol–water partition coefficient (Wildman–Crippen LogP) is 5.35. The van der Waals surface area contributed by atoms with Crippen molar-refractivity contribution in [3.63, 3.8) is 0 Å². The molecule has 0 spiro atoms. The fourth-order valence-corrected chi connectivity index (χ4v) is 11.1. The molecule has 0 atom stereocenters. The van der Waals surface area contributed by atoms with Crippen molar-refractivity contribution in [2.45, 2.75) is 0 Å². The van der Waals surface area contributed by atoms with Crippen LogP contribution in [-0.2, 0) is 0 Å². The molecule has 7 rings (SSSR count). The van der Waals surface area contributed by atoms with E-state index in [4.69, 9.17) is 0 Å². The fourth-order valence-electron chi connectivity index (χ4n) is 5.94. The van der Waals surface area contributed by atoms with Crippen LogP contribution in [0.5, 0.6) is 0 Å². The number of hydrogen-bond acceptors (Lipinski definition) is 0. The average Bonchev–Trinajstić information content (AvgIpc) is 3.19. The van der Waals surface area contributed by atoms with E-state index in [0.29, 0.717) is 0 Å². The third kappa shape index (κ3) is 2.51. The molecule has 0 nitrogen and oxygen atoms in total. The number of fused-ring (bicyclic) bond motifs is 6. The Bertz CT molecular complexity index is 1610. The van der Waals surface area contributed by atoms with Crippen molar-refractivity contribution in [2.75, 3.05) is 0 Å². The zero-order chi connectivity index (χ0) is 21.8. The first kappa shape index (κ1) is 18.6. The molecule has 0 aromatic heterocycles. The maximum atomic E-state index is 2.53. The summed E-state index contributed by atoms with van der Waals surface area (Å²) in [4.78, 5) is 0. The van der Waals surface area contributed by atoms with E-state index in [1.807, 2.05) is 0 Å². The summed E-state index contributed by atoms with van der Waals surface area (Å²) >= 11 is 0. The molecule has 6 aromatic rings. The average molecular weight is 435 g/mol. The Labute approximate surface area is 194 Å². The highest BCUT2D eigenvalue weighted by molar-refractivity contribution is 7.22. The molecular formula is C32H22Si. The monoisotopic (exact) mass is 434 g/mol. The normalized spacial score (nSPS) is 13.7. The molecule has 1 heterocycles. The molecule has 154 valence electrons. The molecule has 1 heteroatoms. The third-order valence-electron chi connectivity index (χ3n) is 7.32. The van der Waals surface area contributed by atoms with Crippen LogP contribution in [0.25, 0.3) is 32.7 Å². The molecule has 0 saturated carbocycles. The Morgan fingerprint density at radius 3 is 1.73 bits per heavy atom. The van der Waals surface area contributed by atoms with Gasteiger partial charge in [0.05, 0.1) is 0 Å². The molecule has 1 aliphatic heterocycles. The fraction of sp³-hybridized carbons (Fsp3) is 0. The van der Waals surface area contributed by atoms with Crippen LogP contribution in [0.4, 0.5) is 0 Å². The molecule has 6 aromatic carbocycles. The molecule has 0 amide bonds. The van der Waals surface area contributed by atoms with E-state index in [2.05, 4.69) is 133 Å². The second kappa shape index (κ2) is 7.03. The van der Waals surface area contributed by atoms with Crippen LogP contribution in [0, 0.1) is 0 Å². The van der Waals surface area contributed by atoms with Gasteiger partial charge >= 0.3 is 0 Å². The Kier molecular flexibility index (Phi) is 3.96. The lowest BCUT2D eigenvalue weighted by atomic mass is 9.97. The van der Waals surface area contributed by atoms with Gasteiger partial charge < -0.3 is 0 Å². The number of hydrogen-bond donors (Lipinski definition) is 0. The SMILES string of the molecule is c1ccc([Si]2(c3ccccc3)c3ccccc3-c3cc4ccc5ccccc5c4cc32)cc1. The summed E-state index contributed by atoms with van der Waals surface area (Å²) in [7, 11) is -2.43. The van der Waals surface area contributed by atoms with Crippen molar-refractivity contribution in [3.8, 4) is 11.1 Å². The Morgan fingerprint density at radius 1 is 0.364 bits per heavy atom. The van der Waals surface area contributed by atoms with Gasteiger partial charge in [-0.2, -0.15) is 0 Å². The van der Waals surface area contributed by atoms with Gasteiger partial charge in [-0.05, 0) is 59.5 Å². The van der Waals surface area contributed by atoms with Crippen molar-refractivity contribution in [2.24, 2.45) is 0 Å². The largest absolute Gasteiger partial charge is 0.180 e. The molecule has 0 N–H and O–H groups in total. The highest BCUT2D eigenvalue weighted by Crippen LogP contribution is 2.34. The third-order valence-corrected chi connectivity index (χ3v) is 12.2. The molecule has 0 radical (unpaired) electrons. The summed E-state index contributed by atoms with van der Waals surface area (Å²) in [6, 6.07) is 49.8. The minimum atomic E-state index is -2.43. The molecule has 0 bridgehead atoms. The van der Waals surface area contributed by atoms with Crippen molar-refractivity contribution in [3.05, 3.63) is 133 Å². The van der Waals surface area contributed by atoms with E-state index in [1.165, 1.54) is 53.4 Å². The molecule has 0 fully saturated rings. The second-order valence-corrected chi connectivity index (χ2v) is 12.7. The zero-order valence-electron chi connectivity index (χ0n) is 18.2. The van der Waals surface area contributed by atoms with E-state index < -0.39 is 8.07 Å². The highest BCUT2D eigenvalue weighted by Gasteiger charge is 2.48. The minimum absolute atomic E-state index is 1.30. The van der Waals surface area contributed by atoms with Crippen LogP contribution in [0.2, 0.25) is 0 Å².